The summed E-state index contributed by atoms with van der Waals surface area (Å²) in [4.78, 5) is 12.7. The highest BCUT2D eigenvalue weighted by Gasteiger charge is 2.28. The molecule has 34 heavy (non-hydrogen) atoms. The van der Waals surface area contributed by atoms with Gasteiger partial charge in [0.1, 0.15) is 0 Å². The van der Waals surface area contributed by atoms with Gasteiger partial charge in [0.15, 0.2) is 0 Å². The fourth-order valence-electron chi connectivity index (χ4n) is 4.84. The summed E-state index contributed by atoms with van der Waals surface area (Å²) in [5, 5.41) is 9.04. The van der Waals surface area contributed by atoms with Gasteiger partial charge in [0, 0.05) is 5.56 Å². The first-order valence-electron chi connectivity index (χ1n) is 11.3. The van der Waals surface area contributed by atoms with Crippen LogP contribution in [-0.4, -0.2) is 17.9 Å². The van der Waals surface area contributed by atoms with Gasteiger partial charge < -0.3 is 0 Å². The molecule has 164 valence electrons. The number of hydrogen-bond acceptors (Lipinski definition) is 3. The Labute approximate surface area is 202 Å². The molecule has 0 bridgehead atoms. The van der Waals surface area contributed by atoms with Crippen molar-refractivity contribution in [3.8, 4) is 11.1 Å². The lowest BCUT2D eigenvalue weighted by atomic mass is 9.97. The summed E-state index contributed by atoms with van der Waals surface area (Å²) in [6.07, 6.45) is 1.77. The van der Waals surface area contributed by atoms with Crippen LogP contribution >= 0.6 is 11.8 Å². The van der Waals surface area contributed by atoms with E-state index in [1.807, 2.05) is 24.3 Å². The Balaban J connectivity index is 1.21. The van der Waals surface area contributed by atoms with E-state index in [1.54, 1.807) is 18.0 Å². The van der Waals surface area contributed by atoms with Gasteiger partial charge in [-0.3, -0.25) is 4.79 Å². The molecule has 1 N–H and O–H groups in total. The van der Waals surface area contributed by atoms with Crippen molar-refractivity contribution in [3.63, 3.8) is 0 Å². The lowest BCUT2D eigenvalue weighted by Crippen LogP contribution is -2.20. The number of fused-ring (bicyclic) bond motifs is 5. The van der Waals surface area contributed by atoms with E-state index in [0.717, 1.165) is 27.1 Å². The molecule has 0 heterocycles. The van der Waals surface area contributed by atoms with Crippen molar-refractivity contribution in [2.75, 3.05) is 5.75 Å². The molecule has 0 unspecified atom stereocenters. The SMILES string of the molecule is O=C(CSC1c2ccccc2-c2ccccc21)N/N=C/c1c2ccccc2cc2ccccc12. The Bertz CT molecular complexity index is 1470. The molecule has 4 heteroatoms. The van der Waals surface area contributed by atoms with E-state index in [4.69, 9.17) is 0 Å². The van der Waals surface area contributed by atoms with Crippen molar-refractivity contribution in [2.45, 2.75) is 5.25 Å². The summed E-state index contributed by atoms with van der Waals surface area (Å²) in [6.45, 7) is 0. The molecule has 0 fully saturated rings. The molecule has 0 aliphatic heterocycles. The second-order valence-electron chi connectivity index (χ2n) is 8.39. The molecule has 5 aromatic rings. The fourth-order valence-corrected chi connectivity index (χ4v) is 5.99. The van der Waals surface area contributed by atoms with Crippen molar-refractivity contribution in [3.05, 3.63) is 120 Å². The molecule has 1 aliphatic rings. The van der Waals surface area contributed by atoms with Crippen LogP contribution in [0.15, 0.2) is 108 Å². The van der Waals surface area contributed by atoms with Gasteiger partial charge in [0.25, 0.3) is 0 Å². The molecule has 1 amide bonds. The van der Waals surface area contributed by atoms with Crippen LogP contribution in [0.3, 0.4) is 0 Å². The number of benzene rings is 5. The maximum absolute atomic E-state index is 12.7. The third kappa shape index (κ3) is 3.66. The normalized spacial score (nSPS) is 12.8. The van der Waals surface area contributed by atoms with Crippen LogP contribution in [0.1, 0.15) is 21.9 Å². The topological polar surface area (TPSA) is 41.5 Å². The Morgan fingerprint density at radius 1 is 0.765 bits per heavy atom. The van der Waals surface area contributed by atoms with Crippen LogP contribution in [0.25, 0.3) is 32.7 Å². The van der Waals surface area contributed by atoms with Crippen molar-refractivity contribution in [2.24, 2.45) is 5.10 Å². The zero-order valence-electron chi connectivity index (χ0n) is 18.4. The van der Waals surface area contributed by atoms with E-state index in [0.29, 0.717) is 5.75 Å². The monoisotopic (exact) mass is 458 g/mol. The minimum absolute atomic E-state index is 0.104. The second-order valence-corrected chi connectivity index (χ2v) is 9.48. The first-order valence-corrected chi connectivity index (χ1v) is 12.4. The average molecular weight is 459 g/mol. The van der Waals surface area contributed by atoms with E-state index in [-0.39, 0.29) is 11.2 Å². The molecule has 0 aromatic heterocycles. The number of nitrogens with zero attached hydrogens (tertiary/aromatic N) is 1. The first-order chi connectivity index (χ1) is 16.8. The summed E-state index contributed by atoms with van der Waals surface area (Å²) < 4.78 is 0. The van der Waals surface area contributed by atoms with Crippen LogP contribution in [0, 0.1) is 0 Å². The lowest BCUT2D eigenvalue weighted by molar-refractivity contribution is -0.118. The molecule has 0 atom stereocenters. The first kappa shape index (κ1) is 20.7. The molecule has 6 rings (SSSR count). The molecular weight excluding hydrogens is 436 g/mol. The molecular formula is C30H22N2OS. The standard InChI is InChI=1S/C30H22N2OS/c33-29(19-34-30-26-15-7-5-13-24(26)25-14-6-8-16-27(25)30)32-31-18-28-22-11-3-1-9-20(22)17-21-10-2-4-12-23(21)28/h1-18,30H,19H2,(H,32,33)/b31-18+. The summed E-state index contributed by atoms with van der Waals surface area (Å²) in [7, 11) is 0. The highest BCUT2D eigenvalue weighted by Crippen LogP contribution is 2.49. The summed E-state index contributed by atoms with van der Waals surface area (Å²) >= 11 is 1.64. The van der Waals surface area contributed by atoms with E-state index in [9.17, 15) is 4.79 Å². The van der Waals surface area contributed by atoms with Crippen LogP contribution in [0.2, 0.25) is 0 Å². The Hall–Kier alpha value is -3.89. The van der Waals surface area contributed by atoms with Crippen LogP contribution in [-0.2, 0) is 4.79 Å². The minimum atomic E-state index is -0.104. The van der Waals surface area contributed by atoms with Gasteiger partial charge in [0.2, 0.25) is 5.91 Å². The molecule has 1 aliphatic carbocycles. The number of hydrazone groups is 1. The number of nitrogens with one attached hydrogen (secondary N) is 1. The summed E-state index contributed by atoms with van der Waals surface area (Å²) in [5.74, 6) is 0.230. The predicted molar refractivity (Wildman–Crippen MR) is 143 cm³/mol. The number of carbonyl (C=O) groups excluding carboxylic acids is 1. The molecule has 0 spiro atoms. The van der Waals surface area contributed by atoms with Crippen LogP contribution in [0.5, 0.6) is 0 Å². The maximum Gasteiger partial charge on any atom is 0.250 e. The molecule has 3 nitrogen and oxygen atoms in total. The van der Waals surface area contributed by atoms with Crippen molar-refractivity contribution >= 4 is 45.4 Å². The second kappa shape index (κ2) is 8.81. The number of hydrogen-bond donors (Lipinski definition) is 1. The zero-order chi connectivity index (χ0) is 22.9. The van der Waals surface area contributed by atoms with Crippen molar-refractivity contribution in [1.82, 2.24) is 5.43 Å². The van der Waals surface area contributed by atoms with Crippen molar-refractivity contribution < 1.29 is 4.79 Å². The predicted octanol–water partition coefficient (Wildman–Crippen LogP) is 6.95. The highest BCUT2D eigenvalue weighted by molar-refractivity contribution is 8.00. The van der Waals surface area contributed by atoms with Crippen LogP contribution in [0.4, 0.5) is 0 Å². The Morgan fingerprint density at radius 2 is 1.29 bits per heavy atom. The summed E-state index contributed by atoms with van der Waals surface area (Å²) in [6, 6.07) is 35.6. The molecule has 0 saturated heterocycles. The molecule has 0 saturated carbocycles. The quantitative estimate of drug-likeness (QED) is 0.176. The Kier molecular flexibility index (Phi) is 5.36. The number of thioether (sulfide) groups is 1. The third-order valence-electron chi connectivity index (χ3n) is 6.35. The van der Waals surface area contributed by atoms with E-state index < -0.39 is 0 Å². The fraction of sp³-hybridized carbons (Fsp3) is 0.0667. The van der Waals surface area contributed by atoms with Gasteiger partial charge >= 0.3 is 0 Å². The molecule has 0 radical (unpaired) electrons. The smallest absolute Gasteiger partial charge is 0.250 e. The Morgan fingerprint density at radius 3 is 1.91 bits per heavy atom. The number of carbonyl (C=O) groups is 1. The highest BCUT2D eigenvalue weighted by atomic mass is 32.2. The van der Waals surface area contributed by atoms with Crippen molar-refractivity contribution in [1.29, 1.82) is 0 Å². The third-order valence-corrected chi connectivity index (χ3v) is 7.62. The zero-order valence-corrected chi connectivity index (χ0v) is 19.3. The van der Waals surface area contributed by atoms with Gasteiger partial charge in [-0.2, -0.15) is 5.10 Å². The molecule has 5 aromatic carbocycles. The summed E-state index contributed by atoms with van der Waals surface area (Å²) in [5.41, 5.74) is 8.82. The van der Waals surface area contributed by atoms with E-state index in [2.05, 4.69) is 89.4 Å². The maximum atomic E-state index is 12.7. The van der Waals surface area contributed by atoms with Gasteiger partial charge in [-0.15, -0.1) is 11.8 Å². The largest absolute Gasteiger partial charge is 0.272 e. The van der Waals surface area contributed by atoms with Gasteiger partial charge in [-0.05, 0) is 49.9 Å². The number of rotatable bonds is 5. The van der Waals surface area contributed by atoms with Crippen LogP contribution < -0.4 is 5.43 Å². The van der Waals surface area contributed by atoms with E-state index in [1.165, 1.54) is 22.3 Å². The van der Waals surface area contributed by atoms with Gasteiger partial charge in [0.05, 0.1) is 17.2 Å². The number of amides is 1. The van der Waals surface area contributed by atoms with Gasteiger partial charge in [-0.25, -0.2) is 5.43 Å². The average Bonchev–Trinajstić information content (AvgIpc) is 3.21. The minimum Gasteiger partial charge on any atom is -0.272 e. The van der Waals surface area contributed by atoms with E-state index >= 15 is 0 Å². The van der Waals surface area contributed by atoms with Gasteiger partial charge in [-0.1, -0.05) is 97.1 Å². The lowest BCUT2D eigenvalue weighted by Gasteiger charge is -2.12.